The Morgan fingerprint density at radius 2 is 1.85 bits per heavy atom. The monoisotopic (exact) mass is 543 g/mol. The number of tetrazole rings is 1. The SMILES string of the molecule is COc1ccc2[nH]c(=O)c([C@@H](c3nnnn3C3CCCC3)N3CCN(Cc4ccc5c(c4)OCO5)CC3)cc2c1. The molecule has 4 aromatic rings. The minimum absolute atomic E-state index is 0.119. The van der Waals surface area contributed by atoms with Gasteiger partial charge in [0.05, 0.1) is 13.2 Å². The van der Waals surface area contributed by atoms with Crippen LogP contribution in [-0.2, 0) is 6.54 Å². The van der Waals surface area contributed by atoms with Gasteiger partial charge in [-0.25, -0.2) is 4.68 Å². The van der Waals surface area contributed by atoms with Crippen LogP contribution >= 0.6 is 0 Å². The van der Waals surface area contributed by atoms with E-state index in [4.69, 9.17) is 14.2 Å². The predicted octanol–water partition coefficient (Wildman–Crippen LogP) is 3.27. The smallest absolute Gasteiger partial charge is 0.253 e. The zero-order valence-corrected chi connectivity index (χ0v) is 22.6. The number of ether oxygens (including phenoxy) is 3. The molecule has 40 heavy (non-hydrogen) atoms. The molecule has 1 saturated carbocycles. The van der Waals surface area contributed by atoms with Gasteiger partial charge in [0, 0.05) is 49.2 Å². The zero-order valence-electron chi connectivity index (χ0n) is 22.6. The average Bonchev–Trinajstić information content (AvgIpc) is 3.76. The molecule has 208 valence electrons. The van der Waals surface area contributed by atoms with Crippen molar-refractivity contribution in [3.63, 3.8) is 0 Å². The Labute approximate surface area is 231 Å². The number of benzene rings is 2. The Bertz CT molecular complexity index is 1570. The second kappa shape index (κ2) is 10.5. The standard InChI is InChI=1S/C29H33N7O4/c1-38-22-7-8-24-20(15-22)16-23(29(37)30-24)27(28-31-32-33-36(28)21-4-2-3-5-21)35-12-10-34(11-13-35)17-19-6-9-25-26(14-19)40-18-39-25/h6-9,14-16,21,27H,2-5,10-13,17-18H2,1H3,(H,30,37)/t27-/m0/s1. The van der Waals surface area contributed by atoms with Crippen molar-refractivity contribution >= 4 is 10.9 Å². The molecule has 1 atom stereocenters. The molecule has 7 rings (SSSR count). The van der Waals surface area contributed by atoms with E-state index >= 15 is 0 Å². The summed E-state index contributed by atoms with van der Waals surface area (Å²) in [5, 5.41) is 14.0. The highest BCUT2D eigenvalue weighted by atomic mass is 16.7. The fraction of sp³-hybridized carbons (Fsp3) is 0.448. The highest BCUT2D eigenvalue weighted by molar-refractivity contribution is 5.80. The summed E-state index contributed by atoms with van der Waals surface area (Å²) in [6, 6.07) is 13.7. The van der Waals surface area contributed by atoms with E-state index in [1.807, 2.05) is 35.0 Å². The summed E-state index contributed by atoms with van der Waals surface area (Å²) in [7, 11) is 1.65. The van der Waals surface area contributed by atoms with Crippen LogP contribution in [0.3, 0.4) is 0 Å². The number of fused-ring (bicyclic) bond motifs is 2. The molecule has 4 heterocycles. The number of rotatable bonds is 7. The summed E-state index contributed by atoms with van der Waals surface area (Å²) >= 11 is 0. The summed E-state index contributed by atoms with van der Waals surface area (Å²) in [6.45, 7) is 4.38. The van der Waals surface area contributed by atoms with Gasteiger partial charge in [0.15, 0.2) is 17.3 Å². The second-order valence-electron chi connectivity index (χ2n) is 10.8. The number of pyridine rings is 1. The summed E-state index contributed by atoms with van der Waals surface area (Å²) in [5.41, 5.74) is 2.50. The largest absolute Gasteiger partial charge is 0.497 e. The van der Waals surface area contributed by atoms with E-state index < -0.39 is 0 Å². The van der Waals surface area contributed by atoms with Gasteiger partial charge in [-0.3, -0.25) is 14.6 Å². The van der Waals surface area contributed by atoms with Gasteiger partial charge in [-0.15, -0.1) is 5.10 Å². The molecule has 0 spiro atoms. The first-order valence-corrected chi connectivity index (χ1v) is 14.0. The molecule has 0 amide bonds. The normalized spacial score (nSPS) is 18.9. The van der Waals surface area contributed by atoms with E-state index in [1.165, 1.54) is 18.4 Å². The number of nitrogens with zero attached hydrogens (tertiary/aromatic N) is 6. The number of piperazine rings is 1. The first kappa shape index (κ1) is 25.0. The fourth-order valence-electron chi connectivity index (χ4n) is 6.30. The molecule has 3 aliphatic rings. The molecule has 2 aromatic carbocycles. The van der Waals surface area contributed by atoms with E-state index in [0.717, 1.165) is 79.5 Å². The Balaban J connectivity index is 1.19. The van der Waals surface area contributed by atoms with Crippen LogP contribution < -0.4 is 19.8 Å². The fourth-order valence-corrected chi connectivity index (χ4v) is 6.30. The topological polar surface area (TPSA) is 111 Å². The third-order valence-electron chi connectivity index (χ3n) is 8.42. The molecule has 1 N–H and O–H groups in total. The number of nitrogens with one attached hydrogen (secondary N) is 1. The highest BCUT2D eigenvalue weighted by Crippen LogP contribution is 2.35. The Kier molecular flexibility index (Phi) is 6.60. The number of H-pyrrole nitrogens is 1. The van der Waals surface area contributed by atoms with Crippen LogP contribution in [0.1, 0.15) is 54.7 Å². The van der Waals surface area contributed by atoms with Gasteiger partial charge >= 0.3 is 0 Å². The lowest BCUT2D eigenvalue weighted by atomic mass is 10.0. The summed E-state index contributed by atoms with van der Waals surface area (Å²) in [6.07, 6.45) is 4.45. The van der Waals surface area contributed by atoms with Gasteiger partial charge in [-0.1, -0.05) is 18.9 Å². The number of methoxy groups -OCH3 is 1. The highest BCUT2D eigenvalue weighted by Gasteiger charge is 2.34. The summed E-state index contributed by atoms with van der Waals surface area (Å²) in [4.78, 5) is 21.5. The lowest BCUT2D eigenvalue weighted by Gasteiger charge is -2.39. The number of hydrogen-bond acceptors (Lipinski definition) is 9. The number of hydrogen-bond donors (Lipinski definition) is 1. The van der Waals surface area contributed by atoms with Crippen LogP contribution in [0.2, 0.25) is 0 Å². The van der Waals surface area contributed by atoms with Gasteiger partial charge in [0.2, 0.25) is 6.79 Å². The minimum atomic E-state index is -0.359. The van der Waals surface area contributed by atoms with Crippen molar-refractivity contribution in [3.8, 4) is 17.2 Å². The third-order valence-corrected chi connectivity index (χ3v) is 8.42. The quantitative estimate of drug-likeness (QED) is 0.375. The van der Waals surface area contributed by atoms with Gasteiger partial charge in [-0.2, -0.15) is 0 Å². The first-order chi connectivity index (χ1) is 19.7. The molecule has 1 aliphatic carbocycles. The van der Waals surface area contributed by atoms with Crippen molar-refractivity contribution in [2.24, 2.45) is 0 Å². The molecular formula is C29H33N7O4. The van der Waals surface area contributed by atoms with E-state index in [2.05, 4.69) is 42.4 Å². The van der Waals surface area contributed by atoms with Crippen LogP contribution in [0.5, 0.6) is 17.2 Å². The van der Waals surface area contributed by atoms with Crippen LogP contribution in [-0.4, -0.2) is 75.1 Å². The molecule has 2 fully saturated rings. The Hall–Kier alpha value is -3.96. The maximum atomic E-state index is 13.6. The minimum Gasteiger partial charge on any atom is -0.497 e. The second-order valence-corrected chi connectivity index (χ2v) is 10.8. The van der Waals surface area contributed by atoms with Gasteiger partial charge < -0.3 is 19.2 Å². The van der Waals surface area contributed by atoms with E-state index in [1.54, 1.807) is 7.11 Å². The Morgan fingerprint density at radius 3 is 2.67 bits per heavy atom. The molecule has 2 aromatic heterocycles. The molecule has 1 saturated heterocycles. The molecule has 0 unspecified atom stereocenters. The molecule has 0 bridgehead atoms. The van der Waals surface area contributed by atoms with Crippen molar-refractivity contribution in [1.82, 2.24) is 35.0 Å². The maximum Gasteiger partial charge on any atom is 0.253 e. The van der Waals surface area contributed by atoms with Crippen LogP contribution in [0.25, 0.3) is 10.9 Å². The molecule has 0 radical (unpaired) electrons. The summed E-state index contributed by atoms with van der Waals surface area (Å²) in [5.74, 6) is 3.09. The van der Waals surface area contributed by atoms with Gasteiger partial charge in [0.1, 0.15) is 11.8 Å². The van der Waals surface area contributed by atoms with Crippen molar-refractivity contribution in [1.29, 1.82) is 0 Å². The van der Waals surface area contributed by atoms with E-state index in [-0.39, 0.29) is 24.4 Å². The molecule has 2 aliphatic heterocycles. The van der Waals surface area contributed by atoms with Crippen molar-refractivity contribution in [2.45, 2.75) is 44.3 Å². The molecule has 11 nitrogen and oxygen atoms in total. The number of aromatic nitrogens is 5. The van der Waals surface area contributed by atoms with Gasteiger partial charge in [0.25, 0.3) is 5.56 Å². The van der Waals surface area contributed by atoms with Crippen molar-refractivity contribution < 1.29 is 14.2 Å². The van der Waals surface area contributed by atoms with E-state index in [9.17, 15) is 4.79 Å². The maximum absolute atomic E-state index is 13.6. The van der Waals surface area contributed by atoms with E-state index in [0.29, 0.717) is 5.56 Å². The van der Waals surface area contributed by atoms with Crippen molar-refractivity contribution in [2.75, 3.05) is 40.1 Å². The molecular weight excluding hydrogens is 510 g/mol. The third kappa shape index (κ3) is 4.69. The van der Waals surface area contributed by atoms with Crippen LogP contribution in [0.4, 0.5) is 0 Å². The van der Waals surface area contributed by atoms with Crippen LogP contribution in [0, 0.1) is 0 Å². The summed E-state index contributed by atoms with van der Waals surface area (Å²) < 4.78 is 18.5. The van der Waals surface area contributed by atoms with Gasteiger partial charge in [-0.05, 0) is 65.2 Å². The Morgan fingerprint density at radius 1 is 1.02 bits per heavy atom. The lowest BCUT2D eigenvalue weighted by Crippen LogP contribution is -2.48. The first-order valence-electron chi connectivity index (χ1n) is 14.0. The zero-order chi connectivity index (χ0) is 27.1. The van der Waals surface area contributed by atoms with Crippen molar-refractivity contribution in [3.05, 3.63) is 69.8 Å². The number of aromatic amines is 1. The lowest BCUT2D eigenvalue weighted by molar-refractivity contribution is 0.0988. The predicted molar refractivity (Wildman–Crippen MR) is 148 cm³/mol. The van der Waals surface area contributed by atoms with Crippen LogP contribution in [0.15, 0.2) is 47.3 Å². The average molecular weight is 544 g/mol. The molecule has 11 heteroatoms.